The van der Waals surface area contributed by atoms with E-state index in [1.807, 2.05) is 6.08 Å². The molecule has 0 bridgehead atoms. The molecule has 0 N–H and O–H groups in total. The van der Waals surface area contributed by atoms with E-state index in [9.17, 15) is 0 Å². The van der Waals surface area contributed by atoms with Gasteiger partial charge in [0, 0.05) is 4.64 Å². The van der Waals surface area contributed by atoms with Crippen LogP contribution in [0, 0.1) is 95.2 Å². The molecule has 4 unspecified atom stereocenters. The van der Waals surface area contributed by atoms with Crippen molar-refractivity contribution < 1.29 is 0 Å². The third-order valence-electron chi connectivity index (χ3n) is 1.78. The van der Waals surface area contributed by atoms with Crippen LogP contribution in [0.15, 0.2) is 12.2 Å². The lowest BCUT2D eigenvalue weighted by atomic mass is 10.4. The van der Waals surface area contributed by atoms with Crippen molar-refractivity contribution in [1.29, 1.82) is 0 Å². The van der Waals surface area contributed by atoms with E-state index in [1.165, 1.54) is 0 Å². The first-order valence-corrected chi connectivity index (χ1v) is 11.7. The van der Waals surface area contributed by atoms with Crippen molar-refractivity contribution in [1.82, 2.24) is 0 Å². The predicted molar refractivity (Wildman–Crippen MR) is 121 cm³/mol. The summed E-state index contributed by atoms with van der Waals surface area (Å²) in [6.07, 6.45) is 8.69. The molecule has 0 amide bonds. The second-order valence-electron chi connectivity index (χ2n) is 3.54. The van der Waals surface area contributed by atoms with E-state index in [0.717, 1.165) is 0 Å². The quantitative estimate of drug-likeness (QED) is 0.499. The Morgan fingerprint density at radius 3 is 1.42 bits per heavy atom. The van der Waals surface area contributed by atoms with Gasteiger partial charge in [0.05, 0.1) is 0 Å². The maximum absolute atomic E-state index is 4.92. The van der Waals surface area contributed by atoms with E-state index in [0.29, 0.717) is 0 Å². The van der Waals surface area contributed by atoms with Crippen molar-refractivity contribution >= 4 is 43.6 Å². The number of allylic oxidation sites excluding steroid dienone is 2. The van der Waals surface area contributed by atoms with Crippen LogP contribution in [0.4, 0.5) is 0 Å². The highest BCUT2D eigenvalue weighted by molar-refractivity contribution is 8.46. The second-order valence-corrected chi connectivity index (χ2v) is 13.8. The monoisotopic (exact) mass is 394 g/mol. The fourth-order valence-electron chi connectivity index (χ4n) is 0.719. The summed E-state index contributed by atoms with van der Waals surface area (Å²) in [6, 6.07) is 0. The van der Waals surface area contributed by atoms with E-state index in [4.69, 9.17) is 6.42 Å². The topological polar surface area (TPSA) is 0 Å². The van der Waals surface area contributed by atoms with Gasteiger partial charge in [0.25, 0.3) is 0 Å². The Labute approximate surface area is 155 Å². The third-order valence-corrected chi connectivity index (χ3v) is 11.3. The van der Waals surface area contributed by atoms with Crippen LogP contribution in [0.5, 0.6) is 0 Å². The minimum Gasteiger partial charge on any atom is -0.118 e. The molecule has 0 aromatic rings. The van der Waals surface area contributed by atoms with Crippen molar-refractivity contribution in [3.8, 4) is 95.2 Å². The normalized spacial score (nSPS) is 7.50. The van der Waals surface area contributed by atoms with Crippen molar-refractivity contribution in [3.63, 3.8) is 0 Å². The maximum Gasteiger partial charge on any atom is 0.0440 e. The highest BCUT2D eigenvalue weighted by Crippen LogP contribution is 2.69. The van der Waals surface area contributed by atoms with E-state index < -0.39 is 0 Å². The summed E-state index contributed by atoms with van der Waals surface area (Å²) in [5.41, 5.74) is 0. The summed E-state index contributed by atoms with van der Waals surface area (Å²) in [5, 5.41) is 0. The van der Waals surface area contributed by atoms with E-state index in [2.05, 4.69) is 125 Å². The van der Waals surface area contributed by atoms with Crippen LogP contribution in [0.1, 0.15) is 0 Å². The first kappa shape index (κ1) is 22.4. The predicted octanol–water partition coefficient (Wildman–Crippen LogP) is 2.67. The number of rotatable bonds is 2. The summed E-state index contributed by atoms with van der Waals surface area (Å²) in [7, 11) is 10.8. The lowest BCUT2D eigenvalue weighted by Gasteiger charge is -2.23. The Morgan fingerprint density at radius 1 is 0.667 bits per heavy atom. The summed E-state index contributed by atoms with van der Waals surface area (Å²) >= 11 is 0. The van der Waals surface area contributed by atoms with E-state index in [-0.39, 0.29) is 11.9 Å². The third kappa shape index (κ3) is 14.0. The minimum absolute atomic E-state index is 0.0541. The Kier molecular flexibility index (Phi) is 13.9. The fraction of sp³-hybridized carbons (Fsp3) is 0.0526. The Morgan fingerprint density at radius 2 is 1.04 bits per heavy atom. The summed E-state index contributed by atoms with van der Waals surface area (Å²) in [4.78, 5) is 0. The molecule has 0 aliphatic carbocycles. The van der Waals surface area contributed by atoms with Gasteiger partial charge in [-0.1, -0.05) is 19.3 Å². The number of terminal acetylenes is 1. The Bertz CT molecular complexity index is 957. The van der Waals surface area contributed by atoms with Gasteiger partial charge in [0.2, 0.25) is 0 Å². The molecule has 0 rings (SSSR count). The molecular weight excluding hydrogens is 383 g/mol. The van der Waals surface area contributed by atoms with Crippen LogP contribution in [0.2, 0.25) is 0 Å². The van der Waals surface area contributed by atoms with Crippen LogP contribution in [-0.2, 0) is 0 Å². The molecule has 112 valence electrons. The van der Waals surface area contributed by atoms with Gasteiger partial charge in [-0.25, -0.2) is 0 Å². The first-order chi connectivity index (χ1) is 11.5. The average molecular weight is 394 g/mol. The van der Waals surface area contributed by atoms with E-state index >= 15 is 0 Å². The smallest absolute Gasteiger partial charge is 0.0440 e. The van der Waals surface area contributed by atoms with Gasteiger partial charge < -0.3 is 0 Å². The van der Waals surface area contributed by atoms with Crippen molar-refractivity contribution in [2.45, 2.75) is 4.64 Å². The highest BCUT2D eigenvalue weighted by atomic mass is 32.4. The SMILES string of the molecule is C#CC#CC#CC#CC#CC#CC#CC#CC=CC(P)(P)P(P)P. The molecule has 0 saturated heterocycles. The van der Waals surface area contributed by atoms with Crippen molar-refractivity contribution in [3.05, 3.63) is 12.2 Å². The zero-order valence-corrected chi connectivity index (χ0v) is 18.0. The molecule has 5 heteroatoms. The average Bonchev–Trinajstić information content (AvgIpc) is 2.54. The van der Waals surface area contributed by atoms with Crippen LogP contribution in [0.3, 0.4) is 0 Å². The number of hydrogen-bond acceptors (Lipinski definition) is 0. The van der Waals surface area contributed by atoms with Crippen LogP contribution < -0.4 is 0 Å². The minimum atomic E-state index is -0.290. The lowest BCUT2D eigenvalue weighted by molar-refractivity contribution is 1.55. The molecule has 0 aromatic carbocycles. The second kappa shape index (κ2) is 14.9. The Balaban J connectivity index is 4.46. The molecule has 0 aliphatic heterocycles. The van der Waals surface area contributed by atoms with Crippen LogP contribution >= 0.6 is 43.6 Å². The van der Waals surface area contributed by atoms with Gasteiger partial charge in [0.1, 0.15) is 0 Å². The summed E-state index contributed by atoms with van der Waals surface area (Å²) < 4.78 is -0.0541. The molecule has 0 nitrogen and oxygen atoms in total. The zero-order valence-electron chi connectivity index (χ0n) is 12.5. The zero-order chi connectivity index (χ0) is 18.1. The molecule has 4 atom stereocenters. The summed E-state index contributed by atoms with van der Waals surface area (Å²) in [5.74, 6) is 37.7. The van der Waals surface area contributed by atoms with Crippen molar-refractivity contribution in [2.75, 3.05) is 0 Å². The number of hydrogen-bond donors (Lipinski definition) is 0. The Hall–Kier alpha value is -1.63. The van der Waals surface area contributed by atoms with Gasteiger partial charge in [-0.3, -0.25) is 0 Å². The van der Waals surface area contributed by atoms with Gasteiger partial charge in [-0.2, -0.15) is 0 Å². The molecule has 0 aliphatic rings. The van der Waals surface area contributed by atoms with Crippen molar-refractivity contribution in [2.24, 2.45) is 0 Å². The summed E-state index contributed by atoms with van der Waals surface area (Å²) in [6.45, 7) is 0. The maximum atomic E-state index is 4.92. The van der Waals surface area contributed by atoms with Gasteiger partial charge in [-0.05, 0) is 89.0 Å². The van der Waals surface area contributed by atoms with Crippen LogP contribution in [0.25, 0.3) is 0 Å². The molecule has 0 heterocycles. The van der Waals surface area contributed by atoms with Gasteiger partial charge in [-0.15, -0.1) is 42.8 Å². The molecule has 0 spiro atoms. The molecule has 24 heavy (non-hydrogen) atoms. The standard InChI is InChI=1S/C19H11P5/c1-2-3-4-5-6-7-8-9-10-11-12-13-14-15-16-17-18-19(20,21)24(22)23/h1,17-18H,20-23H2. The molecule has 0 aromatic heterocycles. The van der Waals surface area contributed by atoms with Crippen LogP contribution in [-0.4, -0.2) is 4.64 Å². The highest BCUT2D eigenvalue weighted by Gasteiger charge is 2.18. The molecule has 0 radical (unpaired) electrons. The van der Waals surface area contributed by atoms with Gasteiger partial charge >= 0.3 is 0 Å². The largest absolute Gasteiger partial charge is 0.118 e. The molecular formula is C19H11P5. The fourth-order valence-corrected chi connectivity index (χ4v) is 1.67. The first-order valence-electron chi connectivity index (χ1n) is 6.02. The molecule has 0 saturated carbocycles. The lowest BCUT2D eigenvalue weighted by Crippen LogP contribution is -1.95. The van der Waals surface area contributed by atoms with Gasteiger partial charge in [0.15, 0.2) is 0 Å². The molecule has 0 fully saturated rings. The van der Waals surface area contributed by atoms with E-state index in [1.54, 1.807) is 6.08 Å².